The van der Waals surface area contributed by atoms with E-state index < -0.39 is 9.84 Å². The number of hydrogen-bond acceptors (Lipinski definition) is 8. The summed E-state index contributed by atoms with van der Waals surface area (Å²) in [4.78, 5) is 25.5. The molecule has 10 heteroatoms. The highest BCUT2D eigenvalue weighted by Gasteiger charge is 2.31. The molecule has 0 N–H and O–H groups in total. The Bertz CT molecular complexity index is 1380. The van der Waals surface area contributed by atoms with E-state index in [9.17, 15) is 13.2 Å². The van der Waals surface area contributed by atoms with Crippen molar-refractivity contribution in [3.05, 3.63) is 72.1 Å². The van der Waals surface area contributed by atoms with Crippen LogP contribution in [0.25, 0.3) is 0 Å². The molecule has 194 valence electrons. The van der Waals surface area contributed by atoms with Crippen LogP contribution in [0.15, 0.2) is 65.8 Å². The second-order valence-corrected chi connectivity index (χ2v) is 11.5. The molecule has 0 spiro atoms. The Hall–Kier alpha value is -3.66. The zero-order valence-electron chi connectivity index (χ0n) is 20.9. The summed E-state index contributed by atoms with van der Waals surface area (Å²) in [6.45, 7) is 3.48. The molecule has 1 amide bonds. The fraction of sp³-hybridized carbons (Fsp3) is 0.370. The number of aromatic nitrogens is 2. The van der Waals surface area contributed by atoms with E-state index in [4.69, 9.17) is 9.47 Å². The van der Waals surface area contributed by atoms with Crippen molar-refractivity contribution in [2.75, 3.05) is 24.2 Å². The van der Waals surface area contributed by atoms with Gasteiger partial charge in [-0.25, -0.2) is 23.2 Å². The Morgan fingerprint density at radius 2 is 1.89 bits per heavy atom. The van der Waals surface area contributed by atoms with E-state index in [1.54, 1.807) is 17.0 Å². The molecule has 1 aromatic heterocycles. The van der Waals surface area contributed by atoms with Gasteiger partial charge in [0.25, 0.3) is 0 Å². The van der Waals surface area contributed by atoms with Crippen LogP contribution in [-0.4, -0.2) is 60.9 Å². The number of benzene rings is 2. The average molecular weight is 523 g/mol. The van der Waals surface area contributed by atoms with Crippen LogP contribution in [0.1, 0.15) is 30.9 Å². The number of ether oxygens (including phenoxy) is 2. The van der Waals surface area contributed by atoms with E-state index in [-0.39, 0.29) is 24.8 Å². The topological polar surface area (TPSA) is 102 Å². The third-order valence-electron chi connectivity index (χ3n) is 6.83. The summed E-state index contributed by atoms with van der Waals surface area (Å²) in [5, 5.41) is 0. The van der Waals surface area contributed by atoms with Gasteiger partial charge in [-0.15, -0.1) is 0 Å². The van der Waals surface area contributed by atoms with Crippen LogP contribution in [-0.2, 0) is 27.6 Å². The third kappa shape index (κ3) is 5.69. The minimum atomic E-state index is -3.26. The normalized spacial score (nSPS) is 19.4. The van der Waals surface area contributed by atoms with Crippen LogP contribution in [0, 0.1) is 0 Å². The molecule has 1 fully saturated rings. The molecular weight excluding hydrogens is 492 g/mol. The van der Waals surface area contributed by atoms with Crippen molar-refractivity contribution in [2.24, 2.45) is 0 Å². The van der Waals surface area contributed by atoms with Crippen LogP contribution < -0.4 is 9.64 Å². The van der Waals surface area contributed by atoms with Crippen molar-refractivity contribution in [1.82, 2.24) is 14.9 Å². The number of carbonyl (C=O) groups excluding carboxylic acids is 1. The lowest BCUT2D eigenvalue weighted by atomic mass is 10.0. The molecule has 0 aliphatic carbocycles. The first-order chi connectivity index (χ1) is 17.8. The number of likely N-dealkylation sites (tertiary alicyclic amines) is 1. The van der Waals surface area contributed by atoms with Gasteiger partial charge in [-0.1, -0.05) is 30.3 Å². The Kier molecular flexibility index (Phi) is 7.01. The molecule has 37 heavy (non-hydrogen) atoms. The fourth-order valence-corrected chi connectivity index (χ4v) is 5.54. The van der Waals surface area contributed by atoms with Gasteiger partial charge in [-0.2, -0.15) is 0 Å². The molecule has 5 rings (SSSR count). The molecule has 2 aromatic carbocycles. The summed E-state index contributed by atoms with van der Waals surface area (Å²) in [6, 6.07) is 16.6. The van der Waals surface area contributed by atoms with Gasteiger partial charge in [-0.3, -0.25) is 0 Å². The van der Waals surface area contributed by atoms with E-state index in [1.165, 1.54) is 12.6 Å². The van der Waals surface area contributed by atoms with Crippen LogP contribution in [0.4, 0.5) is 16.3 Å². The van der Waals surface area contributed by atoms with Gasteiger partial charge in [0, 0.05) is 50.0 Å². The maximum atomic E-state index is 12.6. The predicted octanol–water partition coefficient (Wildman–Crippen LogP) is 4.14. The molecule has 9 nitrogen and oxygen atoms in total. The van der Waals surface area contributed by atoms with Crippen LogP contribution >= 0.6 is 0 Å². The summed E-state index contributed by atoms with van der Waals surface area (Å²) in [5.74, 6) is 1.18. The number of piperidine rings is 1. The fourth-order valence-electron chi connectivity index (χ4n) is 4.87. The first kappa shape index (κ1) is 25.0. The minimum absolute atomic E-state index is 0.0298. The summed E-state index contributed by atoms with van der Waals surface area (Å²) in [7, 11) is -3.26. The monoisotopic (exact) mass is 522 g/mol. The zero-order chi connectivity index (χ0) is 26.0. The number of amides is 1. The highest BCUT2D eigenvalue weighted by molar-refractivity contribution is 7.90. The standard InChI is InChI=1S/C27H30N4O5S/c1-19-14-22(11-13-30(19)27(32)35-17-20-6-4-3-5-7-20)36-26-16-25(28-18-29-26)31-12-10-21-15-23(37(2,33)34)8-9-24(21)31/h3-9,15-16,18-19,22H,10-14,17H2,1-2H3. The molecule has 2 aliphatic rings. The molecule has 2 atom stereocenters. The smallest absolute Gasteiger partial charge is 0.410 e. The van der Waals surface area contributed by atoms with E-state index >= 15 is 0 Å². The lowest BCUT2D eigenvalue weighted by Crippen LogP contribution is -2.47. The average Bonchev–Trinajstić information content (AvgIpc) is 3.31. The minimum Gasteiger partial charge on any atom is -0.474 e. The number of sulfone groups is 1. The van der Waals surface area contributed by atoms with Gasteiger partial charge in [0.2, 0.25) is 5.88 Å². The maximum absolute atomic E-state index is 12.6. The molecule has 2 aliphatic heterocycles. The quantitative estimate of drug-likeness (QED) is 0.476. The number of carbonyl (C=O) groups is 1. The number of anilines is 2. The number of nitrogens with zero attached hydrogens (tertiary/aromatic N) is 4. The zero-order valence-corrected chi connectivity index (χ0v) is 21.7. The first-order valence-electron chi connectivity index (χ1n) is 12.3. The summed E-state index contributed by atoms with van der Waals surface area (Å²) < 4.78 is 35.5. The molecule has 0 radical (unpaired) electrons. The molecular formula is C27H30N4O5S. The SMILES string of the molecule is CC1CC(Oc2cc(N3CCc4cc(S(C)(=O)=O)ccc43)ncn2)CCN1C(=O)OCc1ccccc1. The lowest BCUT2D eigenvalue weighted by molar-refractivity contribution is 0.0386. The molecule has 0 saturated carbocycles. The van der Waals surface area contributed by atoms with E-state index in [2.05, 4.69) is 9.97 Å². The van der Waals surface area contributed by atoms with Crippen molar-refractivity contribution < 1.29 is 22.7 Å². The Morgan fingerprint density at radius 1 is 1.08 bits per heavy atom. The van der Waals surface area contributed by atoms with Gasteiger partial charge < -0.3 is 19.3 Å². The van der Waals surface area contributed by atoms with Crippen LogP contribution in [0.2, 0.25) is 0 Å². The van der Waals surface area contributed by atoms with Crippen molar-refractivity contribution in [2.45, 2.75) is 49.8 Å². The molecule has 0 bridgehead atoms. The Labute approximate surface area is 217 Å². The maximum Gasteiger partial charge on any atom is 0.410 e. The molecule has 3 aromatic rings. The van der Waals surface area contributed by atoms with Crippen LogP contribution in [0.5, 0.6) is 5.88 Å². The lowest BCUT2D eigenvalue weighted by Gasteiger charge is -2.36. The second kappa shape index (κ2) is 10.4. The summed E-state index contributed by atoms with van der Waals surface area (Å²) in [6.07, 6.45) is 4.37. The van der Waals surface area contributed by atoms with Crippen LogP contribution in [0.3, 0.4) is 0 Å². The number of fused-ring (bicyclic) bond motifs is 1. The number of rotatable bonds is 6. The van der Waals surface area contributed by atoms with Gasteiger partial charge in [-0.05, 0) is 42.7 Å². The third-order valence-corrected chi connectivity index (χ3v) is 7.94. The largest absolute Gasteiger partial charge is 0.474 e. The molecule has 1 saturated heterocycles. The predicted molar refractivity (Wildman–Crippen MR) is 139 cm³/mol. The van der Waals surface area contributed by atoms with Gasteiger partial charge in [0.05, 0.1) is 4.90 Å². The molecule has 3 heterocycles. The van der Waals surface area contributed by atoms with E-state index in [0.29, 0.717) is 42.5 Å². The summed E-state index contributed by atoms with van der Waals surface area (Å²) in [5.41, 5.74) is 2.87. The van der Waals surface area contributed by atoms with Crippen molar-refractivity contribution in [3.63, 3.8) is 0 Å². The Balaban J connectivity index is 1.20. The van der Waals surface area contributed by atoms with Crippen molar-refractivity contribution >= 4 is 27.4 Å². The van der Waals surface area contributed by atoms with Crippen molar-refractivity contribution in [1.29, 1.82) is 0 Å². The van der Waals surface area contributed by atoms with E-state index in [0.717, 1.165) is 23.2 Å². The van der Waals surface area contributed by atoms with Gasteiger partial charge >= 0.3 is 6.09 Å². The molecule has 2 unspecified atom stereocenters. The van der Waals surface area contributed by atoms with Gasteiger partial charge in [0.1, 0.15) is 24.9 Å². The first-order valence-corrected chi connectivity index (χ1v) is 14.2. The number of hydrogen-bond donors (Lipinski definition) is 0. The van der Waals surface area contributed by atoms with Crippen molar-refractivity contribution in [3.8, 4) is 5.88 Å². The highest BCUT2D eigenvalue weighted by Crippen LogP contribution is 2.36. The Morgan fingerprint density at radius 3 is 2.65 bits per heavy atom. The second-order valence-electron chi connectivity index (χ2n) is 9.53. The highest BCUT2D eigenvalue weighted by atomic mass is 32.2. The summed E-state index contributed by atoms with van der Waals surface area (Å²) >= 11 is 0. The van der Waals surface area contributed by atoms with E-state index in [1.807, 2.05) is 54.3 Å². The van der Waals surface area contributed by atoms with Gasteiger partial charge in [0.15, 0.2) is 9.84 Å².